The van der Waals surface area contributed by atoms with E-state index < -0.39 is 0 Å². The highest BCUT2D eigenvalue weighted by Crippen LogP contribution is 2.23. The number of likely N-dealkylation sites (N-methyl/N-ethyl adjacent to an activating group) is 1. The molecule has 2 fully saturated rings. The monoisotopic (exact) mass is 126 g/mol. The van der Waals surface area contributed by atoms with E-state index in [9.17, 15) is 0 Å². The highest BCUT2D eigenvalue weighted by molar-refractivity contribution is 4.92. The van der Waals surface area contributed by atoms with Crippen molar-refractivity contribution < 1.29 is 0 Å². The van der Waals surface area contributed by atoms with E-state index in [2.05, 4.69) is 17.3 Å². The quantitative estimate of drug-likeness (QED) is 0.493. The maximum atomic E-state index is 3.44. The van der Waals surface area contributed by atoms with Crippen LogP contribution in [0.1, 0.15) is 12.8 Å². The number of nitrogens with zero attached hydrogens (tertiary/aromatic N) is 1. The van der Waals surface area contributed by atoms with Crippen LogP contribution in [0.3, 0.4) is 0 Å². The van der Waals surface area contributed by atoms with Crippen molar-refractivity contribution in [1.82, 2.24) is 10.2 Å². The van der Waals surface area contributed by atoms with Crippen molar-refractivity contribution in [3.05, 3.63) is 0 Å². The summed E-state index contributed by atoms with van der Waals surface area (Å²) >= 11 is 0. The van der Waals surface area contributed by atoms with Crippen molar-refractivity contribution in [1.29, 1.82) is 0 Å². The van der Waals surface area contributed by atoms with E-state index in [1.807, 2.05) is 0 Å². The molecule has 2 aliphatic rings. The first-order valence-electron chi connectivity index (χ1n) is 3.80. The maximum absolute atomic E-state index is 3.44. The van der Waals surface area contributed by atoms with Gasteiger partial charge < -0.3 is 5.32 Å². The molecule has 0 aromatic carbocycles. The molecular weight excluding hydrogens is 112 g/mol. The predicted octanol–water partition coefficient (Wildman–Crippen LogP) is 0.0524. The van der Waals surface area contributed by atoms with E-state index in [-0.39, 0.29) is 0 Å². The van der Waals surface area contributed by atoms with Crippen LogP contribution in [0.5, 0.6) is 0 Å². The summed E-state index contributed by atoms with van der Waals surface area (Å²) in [6.45, 7) is 2.43. The van der Waals surface area contributed by atoms with Gasteiger partial charge in [0.05, 0.1) is 0 Å². The lowest BCUT2D eigenvalue weighted by molar-refractivity contribution is 0.193. The van der Waals surface area contributed by atoms with E-state index in [1.54, 1.807) is 0 Å². The second kappa shape index (κ2) is 1.96. The molecule has 2 saturated heterocycles. The average Bonchev–Trinajstić information content (AvgIpc) is 2.19. The van der Waals surface area contributed by atoms with Crippen LogP contribution >= 0.6 is 0 Å². The van der Waals surface area contributed by atoms with Gasteiger partial charge >= 0.3 is 0 Å². The topological polar surface area (TPSA) is 15.3 Å². The summed E-state index contributed by atoms with van der Waals surface area (Å²) in [5.41, 5.74) is 0. The van der Waals surface area contributed by atoms with Crippen molar-refractivity contribution >= 4 is 0 Å². The lowest BCUT2D eigenvalue weighted by Crippen LogP contribution is -2.49. The summed E-state index contributed by atoms with van der Waals surface area (Å²) in [7, 11) is 2.25. The number of hydrogen-bond donors (Lipinski definition) is 1. The summed E-state index contributed by atoms with van der Waals surface area (Å²) in [6.07, 6.45) is 2.82. The molecule has 9 heavy (non-hydrogen) atoms. The Morgan fingerprint density at radius 1 is 1.22 bits per heavy atom. The third-order valence-electron chi connectivity index (χ3n) is 2.74. The maximum Gasteiger partial charge on any atom is 0.0221 e. The molecule has 0 saturated carbocycles. The molecule has 0 aromatic rings. The van der Waals surface area contributed by atoms with Gasteiger partial charge in [-0.15, -0.1) is 0 Å². The van der Waals surface area contributed by atoms with Gasteiger partial charge in [0.25, 0.3) is 0 Å². The first kappa shape index (κ1) is 5.69. The summed E-state index contributed by atoms with van der Waals surface area (Å²) in [5.74, 6) is 0. The number of rotatable bonds is 0. The van der Waals surface area contributed by atoms with Gasteiger partial charge in [-0.2, -0.15) is 0 Å². The highest BCUT2D eigenvalue weighted by Gasteiger charge is 2.32. The summed E-state index contributed by atoms with van der Waals surface area (Å²) in [5, 5.41) is 3.44. The van der Waals surface area contributed by atoms with Gasteiger partial charge in [0, 0.05) is 25.2 Å². The first-order chi connectivity index (χ1) is 4.38. The Hall–Kier alpha value is -0.0800. The second-order valence-corrected chi connectivity index (χ2v) is 3.21. The molecule has 2 heteroatoms. The lowest BCUT2D eigenvalue weighted by Gasteiger charge is -2.31. The minimum absolute atomic E-state index is 0.851. The molecule has 1 N–H and O–H groups in total. The van der Waals surface area contributed by atoms with Crippen LogP contribution in [-0.2, 0) is 0 Å². The van der Waals surface area contributed by atoms with Crippen molar-refractivity contribution in [2.24, 2.45) is 0 Å². The Morgan fingerprint density at radius 2 is 1.78 bits per heavy atom. The Labute approximate surface area is 56.2 Å². The van der Waals surface area contributed by atoms with Gasteiger partial charge in [-0.05, 0) is 19.9 Å². The van der Waals surface area contributed by atoms with Gasteiger partial charge in [0.1, 0.15) is 0 Å². The van der Waals surface area contributed by atoms with Gasteiger partial charge in [-0.1, -0.05) is 0 Å². The van der Waals surface area contributed by atoms with Gasteiger partial charge in [-0.3, -0.25) is 4.90 Å². The summed E-state index contributed by atoms with van der Waals surface area (Å²) in [4.78, 5) is 2.52. The molecule has 2 bridgehead atoms. The minimum Gasteiger partial charge on any atom is -0.314 e. The minimum atomic E-state index is 0.851. The number of piperazine rings is 1. The van der Waals surface area contributed by atoms with Crippen LogP contribution in [0.25, 0.3) is 0 Å². The number of nitrogens with one attached hydrogen (secondary N) is 1. The third kappa shape index (κ3) is 0.775. The van der Waals surface area contributed by atoms with E-state index in [0.717, 1.165) is 12.1 Å². The van der Waals surface area contributed by atoms with E-state index in [4.69, 9.17) is 0 Å². The van der Waals surface area contributed by atoms with E-state index in [0.29, 0.717) is 0 Å². The molecule has 2 aliphatic heterocycles. The predicted molar refractivity (Wildman–Crippen MR) is 37.4 cm³/mol. The fourth-order valence-electron chi connectivity index (χ4n) is 2.00. The standard InChI is InChI=1S/C7H14N2/c1-9-6-2-3-7(9)5-8-4-6/h6-8H,2-5H2,1H3/t6-,7?/m1/s1. The van der Waals surface area contributed by atoms with Gasteiger partial charge in [-0.25, -0.2) is 0 Å². The normalized spacial score (nSPS) is 43.7. The fraction of sp³-hybridized carbons (Fsp3) is 1.00. The van der Waals surface area contributed by atoms with Gasteiger partial charge in [0.15, 0.2) is 0 Å². The molecule has 2 atom stereocenters. The number of hydrogen-bond acceptors (Lipinski definition) is 2. The van der Waals surface area contributed by atoms with Crippen molar-refractivity contribution in [2.75, 3.05) is 20.1 Å². The molecule has 0 aromatic heterocycles. The zero-order chi connectivity index (χ0) is 6.27. The molecule has 2 heterocycles. The Balaban J connectivity index is 2.10. The molecule has 1 unspecified atom stereocenters. The molecule has 0 radical (unpaired) electrons. The summed E-state index contributed by atoms with van der Waals surface area (Å²) < 4.78 is 0. The zero-order valence-corrected chi connectivity index (χ0v) is 5.93. The smallest absolute Gasteiger partial charge is 0.0221 e. The largest absolute Gasteiger partial charge is 0.314 e. The number of fused-ring (bicyclic) bond motifs is 2. The van der Waals surface area contributed by atoms with E-state index >= 15 is 0 Å². The van der Waals surface area contributed by atoms with Crippen LogP contribution in [0.4, 0.5) is 0 Å². The Morgan fingerprint density at radius 3 is 2.22 bits per heavy atom. The van der Waals surface area contributed by atoms with Crippen molar-refractivity contribution in [2.45, 2.75) is 24.9 Å². The molecule has 0 aliphatic carbocycles. The van der Waals surface area contributed by atoms with E-state index in [1.165, 1.54) is 25.9 Å². The molecule has 2 rings (SSSR count). The molecular formula is C7H14N2. The average molecular weight is 126 g/mol. The van der Waals surface area contributed by atoms with Crippen LogP contribution in [0.15, 0.2) is 0 Å². The second-order valence-electron chi connectivity index (χ2n) is 3.21. The Bertz CT molecular complexity index is 97.5. The van der Waals surface area contributed by atoms with Crippen LogP contribution in [-0.4, -0.2) is 37.1 Å². The Kier molecular flexibility index (Phi) is 1.24. The molecule has 52 valence electrons. The van der Waals surface area contributed by atoms with Crippen LogP contribution in [0, 0.1) is 0 Å². The zero-order valence-electron chi connectivity index (χ0n) is 5.93. The van der Waals surface area contributed by atoms with Gasteiger partial charge in [0.2, 0.25) is 0 Å². The molecule has 2 nitrogen and oxygen atoms in total. The first-order valence-corrected chi connectivity index (χ1v) is 3.80. The SMILES string of the molecule is CN1C2CC[C@@H]1CNC2. The fourth-order valence-corrected chi connectivity index (χ4v) is 2.00. The van der Waals surface area contributed by atoms with Crippen LogP contribution in [0.2, 0.25) is 0 Å². The molecule has 0 spiro atoms. The van der Waals surface area contributed by atoms with Crippen molar-refractivity contribution in [3.8, 4) is 0 Å². The third-order valence-corrected chi connectivity index (χ3v) is 2.74. The van der Waals surface area contributed by atoms with Crippen molar-refractivity contribution in [3.63, 3.8) is 0 Å². The lowest BCUT2D eigenvalue weighted by atomic mass is 10.2. The van der Waals surface area contributed by atoms with Crippen LogP contribution < -0.4 is 5.32 Å². The summed E-state index contributed by atoms with van der Waals surface area (Å²) in [6, 6.07) is 1.70. The molecule has 0 amide bonds. The highest BCUT2D eigenvalue weighted by atomic mass is 15.2.